The molecule has 26 heavy (non-hydrogen) atoms. The number of aromatic nitrogens is 1. The number of rotatable bonds is 4. The Bertz CT molecular complexity index is 1030. The van der Waals surface area contributed by atoms with E-state index in [-0.39, 0.29) is 11.7 Å². The van der Waals surface area contributed by atoms with Crippen LogP contribution in [0.25, 0.3) is 21.0 Å². The lowest BCUT2D eigenvalue weighted by molar-refractivity contribution is 0.0997. The molecule has 1 amide bonds. The molecule has 2 aromatic heterocycles. The summed E-state index contributed by atoms with van der Waals surface area (Å²) in [5.41, 5.74) is 2.72. The molecule has 4 rings (SSSR count). The normalized spacial score (nSPS) is 10.8. The van der Waals surface area contributed by atoms with Crippen LogP contribution in [0.3, 0.4) is 0 Å². The molecule has 0 saturated carbocycles. The summed E-state index contributed by atoms with van der Waals surface area (Å²) < 4.78 is 6.81. The monoisotopic (exact) mass is 363 g/mol. The number of carbonyl (C=O) groups excluding carboxylic acids is 1. The fourth-order valence-electron chi connectivity index (χ4n) is 2.59. The van der Waals surface area contributed by atoms with Gasteiger partial charge in [-0.15, -0.1) is 11.3 Å². The van der Waals surface area contributed by atoms with Gasteiger partial charge in [0.1, 0.15) is 0 Å². The minimum Gasteiger partial charge on any atom is -0.448 e. The van der Waals surface area contributed by atoms with Crippen molar-refractivity contribution in [1.82, 2.24) is 4.98 Å². The lowest BCUT2D eigenvalue weighted by Gasteiger charge is -2.12. The minimum absolute atomic E-state index is 0.260. The number of nitrogens with zero attached hydrogens (tertiary/aromatic N) is 2. The van der Waals surface area contributed by atoms with Gasteiger partial charge >= 0.3 is 0 Å². The Morgan fingerprint density at radius 1 is 1.04 bits per heavy atom. The van der Waals surface area contributed by atoms with E-state index in [0.29, 0.717) is 5.76 Å². The molecule has 0 radical (unpaired) electrons. The van der Waals surface area contributed by atoms with Crippen LogP contribution in [0.5, 0.6) is 0 Å². The summed E-state index contributed by atoms with van der Waals surface area (Å²) in [5.74, 6) is 0.574. The quantitative estimate of drug-likeness (QED) is 0.562. The molecule has 0 bridgehead atoms. The Kier molecular flexibility index (Phi) is 4.18. The summed E-state index contributed by atoms with van der Waals surface area (Å²) in [7, 11) is 3.94. The third kappa shape index (κ3) is 3.19. The number of carbonyl (C=O) groups is 1. The molecule has 0 saturated heterocycles. The van der Waals surface area contributed by atoms with Crippen LogP contribution in [0.15, 0.2) is 65.1 Å². The Morgan fingerprint density at radius 2 is 1.81 bits per heavy atom. The fourth-order valence-corrected chi connectivity index (χ4v) is 3.52. The average Bonchev–Trinajstić information content (AvgIpc) is 3.29. The second-order valence-electron chi connectivity index (χ2n) is 6.05. The predicted octanol–water partition coefficient (Wildman–Crippen LogP) is 4.87. The first-order chi connectivity index (χ1) is 12.6. The molecule has 0 spiro atoms. The van der Waals surface area contributed by atoms with E-state index in [4.69, 9.17) is 4.42 Å². The van der Waals surface area contributed by atoms with E-state index in [0.717, 1.165) is 26.6 Å². The van der Waals surface area contributed by atoms with Crippen LogP contribution in [0.2, 0.25) is 0 Å². The number of hydrogen-bond donors (Lipinski definition) is 1. The molecule has 4 aromatic rings. The van der Waals surface area contributed by atoms with Crippen LogP contribution in [0.4, 0.5) is 11.4 Å². The topological polar surface area (TPSA) is 58.4 Å². The lowest BCUT2D eigenvalue weighted by atomic mass is 10.2. The zero-order valence-corrected chi connectivity index (χ0v) is 15.2. The molecule has 0 aliphatic heterocycles. The van der Waals surface area contributed by atoms with Gasteiger partial charge in [-0.05, 0) is 48.5 Å². The van der Waals surface area contributed by atoms with Crippen molar-refractivity contribution in [2.75, 3.05) is 24.3 Å². The van der Waals surface area contributed by atoms with Crippen LogP contribution in [-0.4, -0.2) is 25.0 Å². The van der Waals surface area contributed by atoms with Gasteiger partial charge in [0, 0.05) is 25.5 Å². The van der Waals surface area contributed by atoms with Gasteiger partial charge in [0.25, 0.3) is 5.91 Å². The summed E-state index contributed by atoms with van der Waals surface area (Å²) in [5, 5.41) is 3.61. The minimum atomic E-state index is -0.282. The molecule has 2 heterocycles. The number of para-hydroxylation sites is 1. The van der Waals surface area contributed by atoms with E-state index < -0.39 is 0 Å². The maximum atomic E-state index is 12.4. The highest BCUT2D eigenvalue weighted by Gasteiger charge is 2.15. The van der Waals surface area contributed by atoms with Crippen LogP contribution >= 0.6 is 11.3 Å². The van der Waals surface area contributed by atoms with Gasteiger partial charge in [-0.3, -0.25) is 4.79 Å². The fraction of sp³-hybridized carbons (Fsp3) is 0.100. The number of furan rings is 1. The van der Waals surface area contributed by atoms with E-state index in [1.54, 1.807) is 23.5 Å². The van der Waals surface area contributed by atoms with Crippen LogP contribution in [-0.2, 0) is 0 Å². The van der Waals surface area contributed by atoms with Gasteiger partial charge in [0.2, 0.25) is 0 Å². The molecular formula is C20H17N3O2S. The van der Waals surface area contributed by atoms with Gasteiger partial charge in [-0.1, -0.05) is 12.1 Å². The number of hydrogen-bond acceptors (Lipinski definition) is 5. The van der Waals surface area contributed by atoms with Crippen LogP contribution in [0.1, 0.15) is 10.6 Å². The van der Waals surface area contributed by atoms with Crippen molar-refractivity contribution in [3.63, 3.8) is 0 Å². The second-order valence-corrected chi connectivity index (χ2v) is 7.08. The highest BCUT2D eigenvalue weighted by atomic mass is 32.1. The van der Waals surface area contributed by atoms with Gasteiger partial charge < -0.3 is 14.6 Å². The molecule has 5 nitrogen and oxygen atoms in total. The zero-order chi connectivity index (χ0) is 18.1. The van der Waals surface area contributed by atoms with Crippen molar-refractivity contribution >= 4 is 38.8 Å². The first-order valence-electron chi connectivity index (χ1n) is 8.15. The molecule has 1 N–H and O–H groups in total. The standard InChI is InChI=1S/C20H17N3O2S/c1-23(2)14-9-7-13(8-10-14)21-19(24)16-11-12-17(25-16)20-22-15-5-3-4-6-18(15)26-20/h3-12H,1-2H3,(H,21,24). The van der Waals surface area contributed by atoms with Crippen molar-refractivity contribution < 1.29 is 9.21 Å². The van der Waals surface area contributed by atoms with Gasteiger partial charge in [0.15, 0.2) is 16.5 Å². The van der Waals surface area contributed by atoms with Crippen molar-refractivity contribution in [2.45, 2.75) is 0 Å². The van der Waals surface area contributed by atoms with Crippen molar-refractivity contribution in [3.8, 4) is 10.8 Å². The third-order valence-electron chi connectivity index (χ3n) is 3.98. The van der Waals surface area contributed by atoms with E-state index >= 15 is 0 Å². The van der Waals surface area contributed by atoms with E-state index in [1.165, 1.54) is 0 Å². The van der Waals surface area contributed by atoms with E-state index in [2.05, 4.69) is 10.3 Å². The highest BCUT2D eigenvalue weighted by Crippen LogP contribution is 2.31. The smallest absolute Gasteiger partial charge is 0.291 e. The predicted molar refractivity (Wildman–Crippen MR) is 106 cm³/mol. The number of fused-ring (bicyclic) bond motifs is 1. The third-order valence-corrected chi connectivity index (χ3v) is 5.03. The SMILES string of the molecule is CN(C)c1ccc(NC(=O)c2ccc(-c3nc4ccccc4s3)o2)cc1. The maximum Gasteiger partial charge on any atom is 0.291 e. The van der Waals surface area contributed by atoms with E-state index in [1.807, 2.05) is 67.5 Å². The first-order valence-corrected chi connectivity index (χ1v) is 8.96. The summed E-state index contributed by atoms with van der Waals surface area (Å²) in [6.07, 6.45) is 0. The Morgan fingerprint density at radius 3 is 2.54 bits per heavy atom. The Labute approximate surface area is 154 Å². The van der Waals surface area contributed by atoms with Crippen molar-refractivity contribution in [3.05, 3.63) is 66.4 Å². The molecule has 0 aliphatic rings. The largest absolute Gasteiger partial charge is 0.448 e. The number of amides is 1. The molecular weight excluding hydrogens is 346 g/mol. The van der Waals surface area contributed by atoms with Gasteiger partial charge in [-0.2, -0.15) is 0 Å². The van der Waals surface area contributed by atoms with Crippen molar-refractivity contribution in [1.29, 1.82) is 0 Å². The Balaban J connectivity index is 1.52. The summed E-state index contributed by atoms with van der Waals surface area (Å²) >= 11 is 1.54. The molecule has 6 heteroatoms. The zero-order valence-electron chi connectivity index (χ0n) is 14.4. The number of benzene rings is 2. The molecule has 0 aliphatic carbocycles. The number of nitrogens with one attached hydrogen (secondary N) is 1. The van der Waals surface area contributed by atoms with Crippen molar-refractivity contribution in [2.24, 2.45) is 0 Å². The molecule has 2 aromatic carbocycles. The Hall–Kier alpha value is -3.12. The number of thiazole rings is 1. The molecule has 0 unspecified atom stereocenters. The summed E-state index contributed by atoms with van der Waals surface area (Å²) in [6, 6.07) is 19.0. The number of anilines is 2. The van der Waals surface area contributed by atoms with Gasteiger partial charge in [-0.25, -0.2) is 4.98 Å². The van der Waals surface area contributed by atoms with Gasteiger partial charge in [0.05, 0.1) is 10.2 Å². The average molecular weight is 363 g/mol. The molecule has 0 atom stereocenters. The molecule has 0 fully saturated rings. The van der Waals surface area contributed by atoms with Crippen LogP contribution < -0.4 is 10.2 Å². The molecule has 130 valence electrons. The lowest BCUT2D eigenvalue weighted by Crippen LogP contribution is -2.11. The highest BCUT2D eigenvalue weighted by molar-refractivity contribution is 7.21. The summed E-state index contributed by atoms with van der Waals surface area (Å²) in [4.78, 5) is 19.0. The maximum absolute atomic E-state index is 12.4. The van der Waals surface area contributed by atoms with Crippen LogP contribution in [0, 0.1) is 0 Å². The summed E-state index contributed by atoms with van der Waals surface area (Å²) in [6.45, 7) is 0. The first kappa shape index (κ1) is 16.4. The van der Waals surface area contributed by atoms with E-state index in [9.17, 15) is 4.79 Å². The second kappa shape index (κ2) is 6.65.